The molecule has 0 aliphatic carbocycles. The van der Waals surface area contributed by atoms with Crippen LogP contribution in [0.4, 0.5) is 5.69 Å². The second-order valence-electron chi connectivity index (χ2n) is 6.50. The molecule has 0 saturated carbocycles. The number of thioether (sulfide) groups is 1. The average Bonchev–Trinajstić information content (AvgIpc) is 3.24. The second kappa shape index (κ2) is 9.75. The van der Waals surface area contributed by atoms with Crippen molar-refractivity contribution in [2.24, 2.45) is 0 Å². The molecule has 1 saturated heterocycles. The van der Waals surface area contributed by atoms with E-state index in [2.05, 4.69) is 48.0 Å². The zero-order valence-electron chi connectivity index (χ0n) is 14.9. The van der Waals surface area contributed by atoms with Gasteiger partial charge in [-0.15, -0.1) is 24.4 Å². The maximum Gasteiger partial charge on any atom is 0.0559 e. The lowest BCUT2D eigenvalue weighted by Gasteiger charge is -2.17. The molecule has 2 aliphatic rings. The van der Waals surface area contributed by atoms with Crippen LogP contribution in [-0.4, -0.2) is 18.8 Å². The highest BCUT2D eigenvalue weighted by atomic mass is 35.5. The third-order valence-corrected chi connectivity index (χ3v) is 6.49. The van der Waals surface area contributed by atoms with Crippen molar-refractivity contribution in [2.45, 2.75) is 35.5 Å². The van der Waals surface area contributed by atoms with Gasteiger partial charge in [-0.05, 0) is 86.0 Å². The van der Waals surface area contributed by atoms with Gasteiger partial charge in [0.05, 0.1) is 5.02 Å². The van der Waals surface area contributed by atoms with Gasteiger partial charge in [0.1, 0.15) is 0 Å². The molecule has 0 unspecified atom stereocenters. The molecule has 26 heavy (non-hydrogen) atoms. The van der Waals surface area contributed by atoms with Gasteiger partial charge in [-0.2, -0.15) is 0 Å². The average molecular weight is 405 g/mol. The van der Waals surface area contributed by atoms with Gasteiger partial charge >= 0.3 is 0 Å². The van der Waals surface area contributed by atoms with Gasteiger partial charge in [-0.3, -0.25) is 0 Å². The fourth-order valence-electron chi connectivity index (χ4n) is 3.00. The van der Waals surface area contributed by atoms with E-state index in [-0.39, 0.29) is 0 Å². The molecule has 2 aliphatic heterocycles. The summed E-state index contributed by atoms with van der Waals surface area (Å²) in [7, 11) is 0. The molecule has 2 N–H and O–H groups in total. The molecule has 2 aromatic rings. The van der Waals surface area contributed by atoms with Crippen molar-refractivity contribution in [3.63, 3.8) is 0 Å². The first kappa shape index (κ1) is 19.7. The van der Waals surface area contributed by atoms with Crippen LogP contribution in [0.25, 0.3) is 5.70 Å². The standard InChI is InChI=1S/C17H16ClNS2.C4H9N/c1-11(19-14-5-6-16(20)15(18)10-14)12-4-7-17-13(9-12)3-2-8-21-17;1-2-4-5-3-1/h4-7,9-10,19-20H,1-3,8H2;5H,1-4H2. The Bertz CT molecular complexity index is 765. The lowest BCUT2D eigenvalue weighted by molar-refractivity contribution is 0.857. The van der Waals surface area contributed by atoms with Gasteiger partial charge in [0.25, 0.3) is 0 Å². The van der Waals surface area contributed by atoms with Gasteiger partial charge in [-0.1, -0.05) is 24.2 Å². The highest BCUT2D eigenvalue weighted by molar-refractivity contribution is 7.99. The zero-order chi connectivity index (χ0) is 18.4. The fourth-order valence-corrected chi connectivity index (χ4v) is 4.34. The van der Waals surface area contributed by atoms with Gasteiger partial charge in [0.2, 0.25) is 0 Å². The molecule has 0 radical (unpaired) electrons. The summed E-state index contributed by atoms with van der Waals surface area (Å²) in [6.45, 7) is 6.64. The van der Waals surface area contributed by atoms with Crippen molar-refractivity contribution in [1.82, 2.24) is 5.32 Å². The largest absolute Gasteiger partial charge is 0.355 e. The minimum Gasteiger partial charge on any atom is -0.355 e. The van der Waals surface area contributed by atoms with Crippen molar-refractivity contribution < 1.29 is 0 Å². The Morgan fingerprint density at radius 2 is 1.92 bits per heavy atom. The maximum atomic E-state index is 6.09. The SMILES string of the molecule is C1CCNC1.C=C(Nc1ccc(S)c(Cl)c1)c1ccc2c(c1)CCCS2. The normalized spacial score (nSPS) is 15.6. The molecule has 0 amide bonds. The molecule has 0 bridgehead atoms. The Kier molecular flexibility index (Phi) is 7.38. The Morgan fingerprint density at radius 3 is 2.62 bits per heavy atom. The number of halogens is 1. The van der Waals surface area contributed by atoms with Crippen LogP contribution in [0.15, 0.2) is 52.8 Å². The first-order valence-electron chi connectivity index (χ1n) is 9.05. The van der Waals surface area contributed by atoms with Crippen LogP contribution >= 0.6 is 36.0 Å². The van der Waals surface area contributed by atoms with Gasteiger partial charge < -0.3 is 10.6 Å². The van der Waals surface area contributed by atoms with Crippen LogP contribution in [0.2, 0.25) is 5.02 Å². The molecule has 0 spiro atoms. The molecule has 0 aromatic heterocycles. The van der Waals surface area contributed by atoms with Crippen molar-refractivity contribution in [3.8, 4) is 0 Å². The summed E-state index contributed by atoms with van der Waals surface area (Å²) in [5.41, 5.74) is 4.36. The van der Waals surface area contributed by atoms with Crippen molar-refractivity contribution in [2.75, 3.05) is 24.2 Å². The lowest BCUT2D eigenvalue weighted by Crippen LogP contribution is -2.03. The van der Waals surface area contributed by atoms with Crippen LogP contribution in [0, 0.1) is 0 Å². The second-order valence-corrected chi connectivity index (χ2v) is 8.53. The predicted octanol–water partition coefficient (Wildman–Crippen LogP) is 6.12. The third kappa shape index (κ3) is 5.46. The van der Waals surface area contributed by atoms with E-state index in [0.717, 1.165) is 28.3 Å². The molecule has 1 fully saturated rings. The Balaban J connectivity index is 0.000000339. The molecule has 5 heteroatoms. The van der Waals surface area contributed by atoms with Crippen LogP contribution < -0.4 is 10.6 Å². The summed E-state index contributed by atoms with van der Waals surface area (Å²) in [5, 5.41) is 7.17. The van der Waals surface area contributed by atoms with E-state index in [0.29, 0.717) is 5.02 Å². The molecule has 138 valence electrons. The number of hydrogen-bond donors (Lipinski definition) is 3. The Hall–Kier alpha value is -1.07. The number of aryl methyl sites for hydroxylation is 1. The quantitative estimate of drug-likeness (QED) is 0.537. The monoisotopic (exact) mass is 404 g/mol. The first-order valence-corrected chi connectivity index (χ1v) is 10.9. The van der Waals surface area contributed by atoms with Gasteiger partial charge in [0, 0.05) is 21.2 Å². The lowest BCUT2D eigenvalue weighted by atomic mass is 10.0. The van der Waals surface area contributed by atoms with E-state index in [4.69, 9.17) is 11.6 Å². The van der Waals surface area contributed by atoms with Crippen molar-refractivity contribution in [1.29, 1.82) is 0 Å². The number of nitrogens with one attached hydrogen (secondary N) is 2. The molecule has 2 nitrogen and oxygen atoms in total. The van der Waals surface area contributed by atoms with E-state index in [1.54, 1.807) is 0 Å². The third-order valence-electron chi connectivity index (χ3n) is 4.46. The van der Waals surface area contributed by atoms with Gasteiger partial charge in [-0.25, -0.2) is 0 Å². The fraction of sp³-hybridized carbons (Fsp3) is 0.333. The molecular formula is C21H25ClN2S2. The molecular weight excluding hydrogens is 380 g/mol. The van der Waals surface area contributed by atoms with Crippen LogP contribution in [0.1, 0.15) is 30.4 Å². The number of rotatable bonds is 3. The topological polar surface area (TPSA) is 24.1 Å². The van der Waals surface area contributed by atoms with Crippen LogP contribution in [0.3, 0.4) is 0 Å². The number of benzene rings is 2. The number of fused-ring (bicyclic) bond motifs is 1. The Morgan fingerprint density at radius 1 is 1.12 bits per heavy atom. The number of hydrogen-bond acceptors (Lipinski definition) is 4. The van der Waals surface area contributed by atoms with Crippen molar-refractivity contribution >= 4 is 47.4 Å². The Labute approximate surface area is 171 Å². The van der Waals surface area contributed by atoms with E-state index in [1.165, 1.54) is 48.6 Å². The highest BCUT2D eigenvalue weighted by Crippen LogP contribution is 2.32. The minimum absolute atomic E-state index is 0.637. The van der Waals surface area contributed by atoms with E-state index < -0.39 is 0 Å². The summed E-state index contributed by atoms with van der Waals surface area (Å²) in [6.07, 6.45) is 5.18. The zero-order valence-corrected chi connectivity index (χ0v) is 17.3. The first-order chi connectivity index (χ1) is 12.6. The summed E-state index contributed by atoms with van der Waals surface area (Å²) in [6, 6.07) is 12.3. The number of anilines is 1. The highest BCUT2D eigenvalue weighted by Gasteiger charge is 2.11. The summed E-state index contributed by atoms with van der Waals surface area (Å²) < 4.78 is 0. The van der Waals surface area contributed by atoms with Gasteiger partial charge in [0.15, 0.2) is 0 Å². The maximum absolute atomic E-state index is 6.09. The summed E-state index contributed by atoms with van der Waals surface area (Å²) in [5.74, 6) is 1.22. The summed E-state index contributed by atoms with van der Waals surface area (Å²) >= 11 is 12.3. The molecule has 2 aromatic carbocycles. The summed E-state index contributed by atoms with van der Waals surface area (Å²) in [4.78, 5) is 2.18. The van der Waals surface area contributed by atoms with E-state index in [1.807, 2.05) is 30.0 Å². The van der Waals surface area contributed by atoms with Crippen molar-refractivity contribution in [3.05, 3.63) is 59.1 Å². The van der Waals surface area contributed by atoms with Crippen LogP contribution in [0.5, 0.6) is 0 Å². The predicted molar refractivity (Wildman–Crippen MR) is 119 cm³/mol. The smallest absolute Gasteiger partial charge is 0.0559 e. The van der Waals surface area contributed by atoms with E-state index in [9.17, 15) is 0 Å². The van der Waals surface area contributed by atoms with Crippen LogP contribution in [-0.2, 0) is 6.42 Å². The van der Waals surface area contributed by atoms with E-state index >= 15 is 0 Å². The minimum atomic E-state index is 0.637. The molecule has 4 rings (SSSR count). The molecule has 0 atom stereocenters. The number of thiol groups is 1. The molecule has 2 heterocycles.